The number of hydrogen-bond donors (Lipinski definition) is 1. The molecular weight excluding hydrogens is 333 g/mol. The van der Waals surface area contributed by atoms with Crippen LogP contribution in [0.3, 0.4) is 0 Å². The van der Waals surface area contributed by atoms with E-state index in [2.05, 4.69) is 0 Å². The molecule has 134 valence electrons. The van der Waals surface area contributed by atoms with Crippen molar-refractivity contribution < 1.29 is 22.7 Å². The summed E-state index contributed by atoms with van der Waals surface area (Å²) in [5, 5.41) is 10.4. The van der Waals surface area contributed by atoms with Gasteiger partial charge >= 0.3 is 11.8 Å². The Kier molecular flexibility index (Phi) is 4.88. The monoisotopic (exact) mass is 352 g/mol. The fraction of sp³-hybridized carbons (Fsp3) is 0.421. The molecule has 3 rings (SSSR count). The van der Waals surface area contributed by atoms with Gasteiger partial charge in [0, 0.05) is 24.8 Å². The van der Waals surface area contributed by atoms with Crippen molar-refractivity contribution in [2.75, 3.05) is 0 Å². The van der Waals surface area contributed by atoms with Gasteiger partial charge in [0.15, 0.2) is 0 Å². The van der Waals surface area contributed by atoms with E-state index in [1.54, 1.807) is 0 Å². The third kappa shape index (κ3) is 4.44. The Balaban J connectivity index is 1.85. The Morgan fingerprint density at radius 2 is 1.88 bits per heavy atom. The molecule has 0 spiro atoms. The van der Waals surface area contributed by atoms with E-state index in [0.717, 1.165) is 18.4 Å². The molecule has 1 aliphatic carbocycles. The Morgan fingerprint density at radius 1 is 1.20 bits per heavy atom. The molecule has 25 heavy (non-hydrogen) atoms. The molecule has 1 atom stereocenters. The van der Waals surface area contributed by atoms with Crippen molar-refractivity contribution in [1.29, 1.82) is 0 Å². The highest BCUT2D eigenvalue weighted by molar-refractivity contribution is 5.41. The lowest BCUT2D eigenvalue weighted by atomic mass is 9.87. The normalized spacial score (nSPS) is 16.0. The zero-order chi connectivity index (χ0) is 18.0. The average molecular weight is 352 g/mol. The first-order valence-corrected chi connectivity index (χ1v) is 8.33. The smallest absolute Gasteiger partial charge is 0.389 e. The van der Waals surface area contributed by atoms with E-state index in [1.165, 1.54) is 6.07 Å². The molecule has 1 heterocycles. The number of aromatic hydroxyl groups is 1. The Hall–Kier alpha value is -2.24. The first kappa shape index (κ1) is 17.6. The molecule has 1 aliphatic rings. The van der Waals surface area contributed by atoms with Crippen LogP contribution in [0.25, 0.3) is 0 Å². The van der Waals surface area contributed by atoms with Crippen LogP contribution in [0.1, 0.15) is 48.5 Å². The van der Waals surface area contributed by atoms with Gasteiger partial charge in [-0.15, -0.1) is 0 Å². The molecule has 1 aromatic heterocycles. The van der Waals surface area contributed by atoms with Crippen molar-refractivity contribution in [2.45, 2.75) is 44.2 Å². The molecule has 0 amide bonds. The number of halogens is 3. The Labute approximate surface area is 143 Å². The summed E-state index contributed by atoms with van der Waals surface area (Å²) in [7, 11) is 0. The zero-order valence-electron chi connectivity index (χ0n) is 13.6. The minimum Gasteiger partial charge on any atom is -0.507 e. The second-order valence-corrected chi connectivity index (χ2v) is 6.49. The van der Waals surface area contributed by atoms with E-state index in [1.807, 2.05) is 30.3 Å². The lowest BCUT2D eigenvalue weighted by molar-refractivity contribution is -0.135. The molecule has 0 saturated heterocycles. The molecule has 0 bridgehead atoms. The molecule has 3 nitrogen and oxygen atoms in total. The van der Waals surface area contributed by atoms with Crippen molar-refractivity contribution in [1.82, 2.24) is 0 Å². The van der Waals surface area contributed by atoms with Gasteiger partial charge in [-0.2, -0.15) is 13.2 Å². The van der Waals surface area contributed by atoms with E-state index >= 15 is 0 Å². The van der Waals surface area contributed by atoms with Crippen LogP contribution < -0.4 is 5.63 Å². The summed E-state index contributed by atoms with van der Waals surface area (Å²) in [6, 6.07) is 10.7. The Bertz CT molecular complexity index is 777. The fourth-order valence-corrected chi connectivity index (χ4v) is 3.18. The van der Waals surface area contributed by atoms with Gasteiger partial charge in [0.05, 0.1) is 5.56 Å². The topological polar surface area (TPSA) is 50.4 Å². The third-order valence-corrected chi connectivity index (χ3v) is 4.46. The predicted molar refractivity (Wildman–Crippen MR) is 86.6 cm³/mol. The van der Waals surface area contributed by atoms with Gasteiger partial charge in [-0.1, -0.05) is 30.3 Å². The van der Waals surface area contributed by atoms with Gasteiger partial charge in [0.2, 0.25) is 0 Å². The molecule has 1 unspecified atom stereocenters. The van der Waals surface area contributed by atoms with Crippen molar-refractivity contribution >= 4 is 0 Å². The van der Waals surface area contributed by atoms with Crippen LogP contribution in [0.2, 0.25) is 0 Å². The van der Waals surface area contributed by atoms with E-state index in [4.69, 9.17) is 4.42 Å². The fourth-order valence-electron chi connectivity index (χ4n) is 3.18. The van der Waals surface area contributed by atoms with Crippen LogP contribution in [0.4, 0.5) is 13.2 Å². The highest BCUT2D eigenvalue weighted by atomic mass is 19.4. The van der Waals surface area contributed by atoms with Crippen LogP contribution in [0, 0.1) is 5.92 Å². The van der Waals surface area contributed by atoms with Gasteiger partial charge in [-0.25, -0.2) is 4.79 Å². The molecule has 1 N–H and O–H groups in total. The number of rotatable bonds is 6. The summed E-state index contributed by atoms with van der Waals surface area (Å²) in [5.74, 6) is -0.0916. The minimum atomic E-state index is -4.24. The van der Waals surface area contributed by atoms with Crippen molar-refractivity contribution in [3.63, 3.8) is 0 Å². The molecular formula is C19H19F3O3. The SMILES string of the molecule is O=c1oc(CCCC(F)(F)F)cc(O)c1C(c1ccccc1)C1CC1. The minimum absolute atomic E-state index is 0.0397. The summed E-state index contributed by atoms with van der Waals surface area (Å²) < 4.78 is 41.9. The second kappa shape index (κ2) is 6.94. The highest BCUT2D eigenvalue weighted by Crippen LogP contribution is 2.47. The van der Waals surface area contributed by atoms with Crippen LogP contribution in [0.5, 0.6) is 5.75 Å². The van der Waals surface area contributed by atoms with Gasteiger partial charge in [-0.05, 0) is 30.7 Å². The second-order valence-electron chi connectivity index (χ2n) is 6.49. The molecule has 0 aliphatic heterocycles. The number of benzene rings is 1. The third-order valence-electron chi connectivity index (χ3n) is 4.46. The molecule has 1 aromatic carbocycles. The van der Waals surface area contributed by atoms with Crippen molar-refractivity contribution in [3.05, 3.63) is 63.7 Å². The van der Waals surface area contributed by atoms with Crippen LogP contribution >= 0.6 is 0 Å². The average Bonchev–Trinajstić information content (AvgIpc) is 3.35. The van der Waals surface area contributed by atoms with Crippen LogP contribution in [0.15, 0.2) is 45.6 Å². The maximum absolute atomic E-state index is 12.4. The van der Waals surface area contributed by atoms with Gasteiger partial charge in [0.1, 0.15) is 11.5 Å². The van der Waals surface area contributed by atoms with Crippen molar-refractivity contribution in [3.8, 4) is 5.75 Å². The summed E-state index contributed by atoms with van der Waals surface area (Å²) in [6.07, 6.45) is -3.49. The first-order valence-electron chi connectivity index (χ1n) is 8.33. The summed E-state index contributed by atoms with van der Waals surface area (Å²) in [4.78, 5) is 12.4. The van der Waals surface area contributed by atoms with E-state index in [0.29, 0.717) is 0 Å². The first-order chi connectivity index (χ1) is 11.8. The number of hydrogen-bond acceptors (Lipinski definition) is 3. The summed E-state index contributed by atoms with van der Waals surface area (Å²) in [6.45, 7) is 0. The molecule has 6 heteroatoms. The van der Waals surface area contributed by atoms with E-state index < -0.39 is 18.2 Å². The van der Waals surface area contributed by atoms with Gasteiger partial charge < -0.3 is 9.52 Å². The molecule has 1 saturated carbocycles. The maximum atomic E-state index is 12.4. The van der Waals surface area contributed by atoms with Gasteiger partial charge in [-0.3, -0.25) is 0 Å². The standard InChI is InChI=1S/C19H19F3O3/c20-19(21,22)10-4-7-14-11-15(23)17(18(24)25-14)16(13-8-9-13)12-5-2-1-3-6-12/h1-3,5-6,11,13,16,23H,4,7-10H2. The van der Waals surface area contributed by atoms with Crippen LogP contribution in [-0.2, 0) is 6.42 Å². The molecule has 1 fully saturated rings. The maximum Gasteiger partial charge on any atom is 0.389 e. The van der Waals surface area contributed by atoms with E-state index in [9.17, 15) is 23.1 Å². The summed E-state index contributed by atoms with van der Waals surface area (Å²) in [5.41, 5.74) is 0.466. The van der Waals surface area contributed by atoms with E-state index in [-0.39, 0.29) is 41.8 Å². The number of alkyl halides is 3. The lowest BCUT2D eigenvalue weighted by Crippen LogP contribution is -2.16. The molecule has 0 radical (unpaired) electrons. The predicted octanol–water partition coefficient (Wildman–Crippen LogP) is 4.77. The van der Waals surface area contributed by atoms with Crippen molar-refractivity contribution in [2.24, 2.45) is 5.92 Å². The van der Waals surface area contributed by atoms with Crippen LogP contribution in [-0.4, -0.2) is 11.3 Å². The summed E-state index contributed by atoms with van der Waals surface area (Å²) >= 11 is 0. The largest absolute Gasteiger partial charge is 0.507 e. The number of aryl methyl sites for hydroxylation is 1. The highest BCUT2D eigenvalue weighted by Gasteiger charge is 2.37. The molecule has 2 aromatic rings. The van der Waals surface area contributed by atoms with Gasteiger partial charge in [0.25, 0.3) is 0 Å². The quantitative estimate of drug-likeness (QED) is 0.814. The lowest BCUT2D eigenvalue weighted by Gasteiger charge is -2.17. The Morgan fingerprint density at radius 3 is 2.44 bits per heavy atom. The zero-order valence-corrected chi connectivity index (χ0v) is 13.6.